The predicted molar refractivity (Wildman–Crippen MR) is 66.9 cm³/mol. The molecule has 0 bridgehead atoms. The smallest absolute Gasteiger partial charge is 0.156 e. The summed E-state index contributed by atoms with van der Waals surface area (Å²) in [6.07, 6.45) is 2.69. The monoisotopic (exact) mass is 254 g/mol. The first-order valence-electron chi connectivity index (χ1n) is 5.02. The summed E-state index contributed by atoms with van der Waals surface area (Å²) >= 11 is 3.30. The van der Waals surface area contributed by atoms with Gasteiger partial charge in [-0.15, -0.1) is 11.3 Å². The Kier molecular flexibility index (Phi) is 3.63. The molecule has 16 heavy (non-hydrogen) atoms. The van der Waals surface area contributed by atoms with Crippen LogP contribution in [0.25, 0.3) is 0 Å². The van der Waals surface area contributed by atoms with E-state index in [2.05, 4.69) is 10.1 Å². The molecule has 0 saturated carbocycles. The van der Waals surface area contributed by atoms with Crippen LogP contribution in [0.15, 0.2) is 20.9 Å². The third kappa shape index (κ3) is 2.28. The summed E-state index contributed by atoms with van der Waals surface area (Å²) in [5.41, 5.74) is 7.92. The molecule has 0 spiro atoms. The van der Waals surface area contributed by atoms with Crippen molar-refractivity contribution in [2.45, 2.75) is 22.7 Å². The maximum absolute atomic E-state index is 5.62. The van der Waals surface area contributed by atoms with Crippen LogP contribution in [0.5, 0.6) is 0 Å². The SMILES string of the molecule is Cc1nn(C)c(Sc2nccs2)c1CCN. The van der Waals surface area contributed by atoms with E-state index in [-0.39, 0.29) is 0 Å². The van der Waals surface area contributed by atoms with Crippen LogP contribution >= 0.6 is 23.1 Å². The second-order valence-corrected chi connectivity index (χ2v) is 5.56. The molecule has 0 aliphatic heterocycles. The van der Waals surface area contributed by atoms with E-state index in [1.165, 1.54) is 5.56 Å². The number of hydrogen-bond donors (Lipinski definition) is 1. The lowest BCUT2D eigenvalue weighted by atomic mass is 10.2. The lowest BCUT2D eigenvalue weighted by molar-refractivity contribution is 0.688. The number of rotatable bonds is 4. The molecular formula is C10H14N4S2. The molecule has 0 unspecified atom stereocenters. The zero-order valence-corrected chi connectivity index (χ0v) is 10.9. The van der Waals surface area contributed by atoms with E-state index in [4.69, 9.17) is 5.73 Å². The zero-order chi connectivity index (χ0) is 11.5. The second kappa shape index (κ2) is 4.99. The van der Waals surface area contributed by atoms with Gasteiger partial charge in [0.25, 0.3) is 0 Å². The Balaban J connectivity index is 2.31. The highest BCUT2D eigenvalue weighted by atomic mass is 32.2. The van der Waals surface area contributed by atoms with Gasteiger partial charge >= 0.3 is 0 Å². The molecule has 6 heteroatoms. The molecule has 0 radical (unpaired) electrons. The lowest BCUT2D eigenvalue weighted by Gasteiger charge is -2.02. The molecule has 86 valence electrons. The Morgan fingerprint density at radius 3 is 3.00 bits per heavy atom. The number of nitrogens with two attached hydrogens (primary N) is 1. The van der Waals surface area contributed by atoms with Gasteiger partial charge < -0.3 is 5.73 Å². The van der Waals surface area contributed by atoms with E-state index in [9.17, 15) is 0 Å². The minimum atomic E-state index is 0.651. The quantitative estimate of drug-likeness (QED) is 0.904. The third-order valence-electron chi connectivity index (χ3n) is 2.28. The van der Waals surface area contributed by atoms with Gasteiger partial charge in [0.1, 0.15) is 5.03 Å². The average molecular weight is 254 g/mol. The number of aryl methyl sites for hydroxylation is 2. The minimum absolute atomic E-state index is 0.651. The van der Waals surface area contributed by atoms with Crippen LogP contribution in [0.3, 0.4) is 0 Å². The van der Waals surface area contributed by atoms with Gasteiger partial charge in [-0.05, 0) is 31.7 Å². The fourth-order valence-corrected chi connectivity index (χ4v) is 3.36. The van der Waals surface area contributed by atoms with Crippen LogP contribution in [-0.4, -0.2) is 21.3 Å². The third-order valence-corrected chi connectivity index (χ3v) is 4.36. The van der Waals surface area contributed by atoms with E-state index in [1.54, 1.807) is 23.1 Å². The van der Waals surface area contributed by atoms with Crippen molar-refractivity contribution in [1.82, 2.24) is 14.8 Å². The molecule has 2 heterocycles. The Morgan fingerprint density at radius 2 is 2.38 bits per heavy atom. The van der Waals surface area contributed by atoms with Gasteiger partial charge in [-0.25, -0.2) is 4.98 Å². The van der Waals surface area contributed by atoms with Gasteiger partial charge in [0.05, 0.1) is 5.69 Å². The van der Waals surface area contributed by atoms with E-state index in [0.717, 1.165) is 21.5 Å². The summed E-state index contributed by atoms with van der Waals surface area (Å²) in [5, 5.41) is 7.56. The van der Waals surface area contributed by atoms with E-state index in [1.807, 2.05) is 30.2 Å². The second-order valence-electron chi connectivity index (χ2n) is 3.43. The van der Waals surface area contributed by atoms with Crippen LogP contribution in [0.1, 0.15) is 11.3 Å². The van der Waals surface area contributed by atoms with E-state index < -0.39 is 0 Å². The molecule has 2 aromatic heterocycles. The molecule has 4 nitrogen and oxygen atoms in total. The van der Waals surface area contributed by atoms with Crippen molar-refractivity contribution in [3.8, 4) is 0 Å². The van der Waals surface area contributed by atoms with Crippen molar-refractivity contribution >= 4 is 23.1 Å². The maximum Gasteiger partial charge on any atom is 0.156 e. The fraction of sp³-hybridized carbons (Fsp3) is 0.400. The standard InChI is InChI=1S/C10H14N4S2/c1-7-8(3-4-11)9(14(2)13-7)16-10-12-5-6-15-10/h5-6H,3-4,11H2,1-2H3. The first kappa shape index (κ1) is 11.6. The first-order chi connectivity index (χ1) is 7.72. The summed E-state index contributed by atoms with van der Waals surface area (Å²) in [4.78, 5) is 4.27. The van der Waals surface area contributed by atoms with Gasteiger partial charge in [0, 0.05) is 24.2 Å². The van der Waals surface area contributed by atoms with Crippen molar-refractivity contribution in [1.29, 1.82) is 0 Å². The maximum atomic E-state index is 5.62. The lowest BCUT2D eigenvalue weighted by Crippen LogP contribution is -2.04. The molecule has 0 fully saturated rings. The van der Waals surface area contributed by atoms with Gasteiger partial charge in [0.2, 0.25) is 0 Å². The number of hydrogen-bond acceptors (Lipinski definition) is 5. The molecule has 2 rings (SSSR count). The molecule has 0 amide bonds. The van der Waals surface area contributed by atoms with E-state index >= 15 is 0 Å². The summed E-state index contributed by atoms with van der Waals surface area (Å²) in [6.45, 7) is 2.68. The summed E-state index contributed by atoms with van der Waals surface area (Å²) in [6, 6.07) is 0. The fourth-order valence-electron chi connectivity index (χ4n) is 1.58. The first-order valence-corrected chi connectivity index (χ1v) is 6.72. The normalized spacial score (nSPS) is 10.9. The topological polar surface area (TPSA) is 56.7 Å². The van der Waals surface area contributed by atoms with Crippen molar-refractivity contribution in [3.05, 3.63) is 22.8 Å². The molecular weight excluding hydrogens is 240 g/mol. The number of nitrogens with zero attached hydrogens (tertiary/aromatic N) is 3. The number of aromatic nitrogens is 3. The molecule has 2 aromatic rings. The molecule has 0 atom stereocenters. The van der Waals surface area contributed by atoms with Crippen LogP contribution in [0, 0.1) is 6.92 Å². The number of thiazole rings is 1. The van der Waals surface area contributed by atoms with Crippen molar-refractivity contribution in [2.75, 3.05) is 6.54 Å². The predicted octanol–water partition coefficient (Wildman–Crippen LogP) is 1.84. The van der Waals surface area contributed by atoms with Crippen molar-refractivity contribution < 1.29 is 0 Å². The molecule has 0 aliphatic rings. The largest absolute Gasteiger partial charge is 0.330 e. The van der Waals surface area contributed by atoms with Crippen molar-refractivity contribution in [2.24, 2.45) is 12.8 Å². The molecule has 0 saturated heterocycles. The minimum Gasteiger partial charge on any atom is -0.330 e. The Hall–Kier alpha value is -0.850. The Morgan fingerprint density at radius 1 is 1.56 bits per heavy atom. The summed E-state index contributed by atoms with van der Waals surface area (Å²) < 4.78 is 2.95. The van der Waals surface area contributed by atoms with E-state index in [0.29, 0.717) is 6.54 Å². The zero-order valence-electron chi connectivity index (χ0n) is 9.30. The highest BCUT2D eigenvalue weighted by molar-refractivity contribution is 8.01. The van der Waals surface area contributed by atoms with Crippen LogP contribution in [0.2, 0.25) is 0 Å². The molecule has 2 N–H and O–H groups in total. The molecule has 0 aliphatic carbocycles. The van der Waals surface area contributed by atoms with Gasteiger partial charge in [-0.2, -0.15) is 5.10 Å². The Labute approximate surface area is 103 Å². The van der Waals surface area contributed by atoms with Crippen LogP contribution in [0.4, 0.5) is 0 Å². The average Bonchev–Trinajstić information content (AvgIpc) is 2.82. The van der Waals surface area contributed by atoms with Crippen molar-refractivity contribution in [3.63, 3.8) is 0 Å². The highest BCUT2D eigenvalue weighted by Crippen LogP contribution is 2.32. The Bertz CT molecular complexity index is 461. The van der Waals surface area contributed by atoms with Gasteiger partial charge in [-0.1, -0.05) is 0 Å². The van der Waals surface area contributed by atoms with Gasteiger partial charge in [0.15, 0.2) is 4.34 Å². The summed E-state index contributed by atoms with van der Waals surface area (Å²) in [5.74, 6) is 0. The van der Waals surface area contributed by atoms with Crippen LogP contribution < -0.4 is 5.73 Å². The highest BCUT2D eigenvalue weighted by Gasteiger charge is 2.14. The summed E-state index contributed by atoms with van der Waals surface area (Å²) in [7, 11) is 1.96. The van der Waals surface area contributed by atoms with Crippen LogP contribution in [-0.2, 0) is 13.5 Å². The molecule has 0 aromatic carbocycles. The van der Waals surface area contributed by atoms with Gasteiger partial charge in [-0.3, -0.25) is 4.68 Å².